The maximum Gasteiger partial charge on any atom is 0.338 e. The summed E-state index contributed by atoms with van der Waals surface area (Å²) < 4.78 is 11.3. The van der Waals surface area contributed by atoms with Crippen LogP contribution in [0.2, 0.25) is 0 Å². The molecule has 0 heterocycles. The molecule has 0 amide bonds. The minimum Gasteiger partial charge on any atom is -0.458 e. The first-order chi connectivity index (χ1) is 8.40. The van der Waals surface area contributed by atoms with E-state index in [1.165, 1.54) is 0 Å². The number of ether oxygens (including phenoxy) is 2. The highest BCUT2D eigenvalue weighted by Gasteiger charge is 2.43. The standard InChI is InChI=1S/C14H26O4/c1-13(2,3)18-12(16)14(17-11-7-10-15)8-5-4-6-9-14/h15H,4-11H2,1-3H3. The molecule has 1 N–H and O–H groups in total. The number of hydrogen-bond donors (Lipinski definition) is 1. The summed E-state index contributed by atoms with van der Waals surface area (Å²) in [6, 6.07) is 0. The summed E-state index contributed by atoms with van der Waals surface area (Å²) in [5.41, 5.74) is -1.26. The summed E-state index contributed by atoms with van der Waals surface area (Å²) in [7, 11) is 0. The predicted octanol–water partition coefficient (Wildman–Crippen LogP) is 2.43. The molecule has 0 aromatic rings. The van der Waals surface area contributed by atoms with Gasteiger partial charge in [0.15, 0.2) is 5.60 Å². The Balaban J connectivity index is 2.66. The third-order valence-corrected chi connectivity index (χ3v) is 3.11. The zero-order chi connectivity index (χ0) is 13.6. The van der Waals surface area contributed by atoms with E-state index in [-0.39, 0.29) is 12.6 Å². The summed E-state index contributed by atoms with van der Waals surface area (Å²) in [4.78, 5) is 12.3. The van der Waals surface area contributed by atoms with Crippen molar-refractivity contribution in [3.05, 3.63) is 0 Å². The second-order valence-electron chi connectivity index (χ2n) is 5.98. The van der Waals surface area contributed by atoms with Gasteiger partial charge in [0.05, 0.1) is 6.61 Å². The van der Waals surface area contributed by atoms with Gasteiger partial charge in [0.1, 0.15) is 5.60 Å². The lowest BCUT2D eigenvalue weighted by Gasteiger charge is -2.37. The van der Waals surface area contributed by atoms with Crippen LogP contribution in [-0.2, 0) is 14.3 Å². The Kier molecular flexibility index (Phi) is 5.60. The Morgan fingerprint density at radius 3 is 2.33 bits per heavy atom. The highest BCUT2D eigenvalue weighted by atomic mass is 16.6. The monoisotopic (exact) mass is 258 g/mol. The maximum atomic E-state index is 12.3. The second-order valence-corrected chi connectivity index (χ2v) is 5.98. The topological polar surface area (TPSA) is 55.8 Å². The van der Waals surface area contributed by atoms with Crippen LogP contribution in [-0.4, -0.2) is 35.5 Å². The van der Waals surface area contributed by atoms with E-state index in [1.54, 1.807) is 0 Å². The van der Waals surface area contributed by atoms with Crippen LogP contribution in [0.4, 0.5) is 0 Å². The van der Waals surface area contributed by atoms with Gasteiger partial charge in [-0.25, -0.2) is 4.79 Å². The fourth-order valence-corrected chi connectivity index (χ4v) is 2.23. The van der Waals surface area contributed by atoms with Crippen molar-refractivity contribution < 1.29 is 19.4 Å². The fraction of sp³-hybridized carbons (Fsp3) is 0.929. The molecule has 0 bridgehead atoms. The number of esters is 1. The van der Waals surface area contributed by atoms with Crippen molar-refractivity contribution in [3.63, 3.8) is 0 Å². The molecule has 0 atom stereocenters. The van der Waals surface area contributed by atoms with E-state index in [0.29, 0.717) is 13.0 Å². The quantitative estimate of drug-likeness (QED) is 0.608. The molecule has 0 aromatic heterocycles. The molecular formula is C14H26O4. The van der Waals surface area contributed by atoms with Crippen molar-refractivity contribution in [2.45, 2.75) is 70.5 Å². The van der Waals surface area contributed by atoms with Crippen LogP contribution in [0.15, 0.2) is 0 Å². The highest BCUT2D eigenvalue weighted by Crippen LogP contribution is 2.34. The minimum absolute atomic E-state index is 0.0877. The van der Waals surface area contributed by atoms with Crippen molar-refractivity contribution in [2.24, 2.45) is 0 Å². The number of aliphatic hydroxyl groups is 1. The van der Waals surface area contributed by atoms with E-state index in [0.717, 1.165) is 32.1 Å². The molecule has 0 aliphatic heterocycles. The predicted molar refractivity (Wildman–Crippen MR) is 69.3 cm³/mol. The fourth-order valence-electron chi connectivity index (χ4n) is 2.23. The van der Waals surface area contributed by atoms with Gasteiger partial charge < -0.3 is 14.6 Å². The van der Waals surface area contributed by atoms with Gasteiger partial charge >= 0.3 is 5.97 Å². The van der Waals surface area contributed by atoms with E-state index in [4.69, 9.17) is 14.6 Å². The molecular weight excluding hydrogens is 232 g/mol. The largest absolute Gasteiger partial charge is 0.458 e. The first kappa shape index (κ1) is 15.4. The maximum absolute atomic E-state index is 12.3. The lowest BCUT2D eigenvalue weighted by molar-refractivity contribution is -0.189. The molecule has 1 saturated carbocycles. The van der Waals surface area contributed by atoms with E-state index in [2.05, 4.69) is 0 Å². The zero-order valence-electron chi connectivity index (χ0n) is 11.8. The second kappa shape index (κ2) is 6.53. The highest BCUT2D eigenvalue weighted by molar-refractivity contribution is 5.80. The Labute approximate surface area is 110 Å². The molecule has 0 aromatic carbocycles. The van der Waals surface area contributed by atoms with E-state index >= 15 is 0 Å². The summed E-state index contributed by atoms with van der Waals surface area (Å²) in [5.74, 6) is -0.243. The minimum atomic E-state index is -0.777. The Morgan fingerprint density at radius 2 is 1.83 bits per heavy atom. The van der Waals surface area contributed by atoms with Gasteiger partial charge in [0.2, 0.25) is 0 Å². The number of rotatable bonds is 5. The number of carbonyl (C=O) groups excluding carboxylic acids is 1. The van der Waals surface area contributed by atoms with Crippen molar-refractivity contribution in [1.29, 1.82) is 0 Å². The molecule has 4 heteroatoms. The number of carbonyl (C=O) groups is 1. The smallest absolute Gasteiger partial charge is 0.338 e. The lowest BCUT2D eigenvalue weighted by atomic mass is 9.84. The molecule has 0 saturated heterocycles. The summed E-state index contributed by atoms with van der Waals surface area (Å²) >= 11 is 0. The van der Waals surface area contributed by atoms with Crippen LogP contribution in [0, 0.1) is 0 Å². The van der Waals surface area contributed by atoms with E-state index in [1.807, 2.05) is 20.8 Å². The normalized spacial score (nSPS) is 19.6. The SMILES string of the molecule is CC(C)(C)OC(=O)C1(OCCCO)CCCCC1. The Hall–Kier alpha value is -0.610. The lowest BCUT2D eigenvalue weighted by Crippen LogP contribution is -2.47. The molecule has 1 fully saturated rings. The molecule has 106 valence electrons. The summed E-state index contributed by atoms with van der Waals surface area (Å²) in [6.07, 6.45) is 5.16. The molecule has 0 spiro atoms. The first-order valence-corrected chi connectivity index (χ1v) is 6.88. The Morgan fingerprint density at radius 1 is 1.22 bits per heavy atom. The average molecular weight is 258 g/mol. The molecule has 1 aliphatic rings. The summed E-state index contributed by atoms with van der Waals surface area (Å²) in [6.45, 7) is 6.11. The van der Waals surface area contributed by atoms with Crippen LogP contribution in [0.1, 0.15) is 59.3 Å². The molecule has 1 rings (SSSR count). The van der Waals surface area contributed by atoms with Crippen LogP contribution >= 0.6 is 0 Å². The molecule has 18 heavy (non-hydrogen) atoms. The van der Waals surface area contributed by atoms with E-state index < -0.39 is 11.2 Å². The van der Waals surface area contributed by atoms with Gasteiger partial charge in [0, 0.05) is 6.61 Å². The third kappa shape index (κ3) is 4.58. The van der Waals surface area contributed by atoms with Crippen LogP contribution in [0.25, 0.3) is 0 Å². The van der Waals surface area contributed by atoms with Gasteiger partial charge in [-0.1, -0.05) is 6.42 Å². The Bertz CT molecular complexity index is 261. The van der Waals surface area contributed by atoms with Crippen molar-refractivity contribution >= 4 is 5.97 Å². The van der Waals surface area contributed by atoms with E-state index in [9.17, 15) is 4.79 Å². The molecule has 0 unspecified atom stereocenters. The zero-order valence-corrected chi connectivity index (χ0v) is 11.8. The van der Waals surface area contributed by atoms with Crippen molar-refractivity contribution in [3.8, 4) is 0 Å². The van der Waals surface area contributed by atoms with Crippen LogP contribution in [0.3, 0.4) is 0 Å². The van der Waals surface area contributed by atoms with Crippen molar-refractivity contribution in [1.82, 2.24) is 0 Å². The molecule has 4 nitrogen and oxygen atoms in total. The average Bonchev–Trinajstić information content (AvgIpc) is 2.28. The van der Waals surface area contributed by atoms with Crippen LogP contribution < -0.4 is 0 Å². The molecule has 0 radical (unpaired) electrons. The van der Waals surface area contributed by atoms with Gasteiger partial charge in [-0.15, -0.1) is 0 Å². The summed E-state index contributed by atoms with van der Waals surface area (Å²) in [5, 5.41) is 8.81. The van der Waals surface area contributed by atoms with Gasteiger partial charge in [-0.3, -0.25) is 0 Å². The molecule has 1 aliphatic carbocycles. The number of hydrogen-bond acceptors (Lipinski definition) is 4. The first-order valence-electron chi connectivity index (χ1n) is 6.88. The van der Waals surface area contributed by atoms with Gasteiger partial charge in [0.25, 0.3) is 0 Å². The van der Waals surface area contributed by atoms with Gasteiger partial charge in [-0.05, 0) is 52.9 Å². The van der Waals surface area contributed by atoms with Crippen molar-refractivity contribution in [2.75, 3.05) is 13.2 Å². The third-order valence-electron chi connectivity index (χ3n) is 3.11. The number of aliphatic hydroxyl groups excluding tert-OH is 1. The van der Waals surface area contributed by atoms with Gasteiger partial charge in [-0.2, -0.15) is 0 Å². The van der Waals surface area contributed by atoms with Crippen LogP contribution in [0.5, 0.6) is 0 Å².